The van der Waals surface area contributed by atoms with E-state index in [-0.39, 0.29) is 0 Å². The Morgan fingerprint density at radius 3 is 2.09 bits per heavy atom. The molecule has 0 unspecified atom stereocenters. The Morgan fingerprint density at radius 2 is 1.36 bits per heavy atom. The molecule has 0 saturated carbocycles. The third-order valence-electron chi connectivity index (χ3n) is 6.93. The standard InChI is InChI=1S/C30H27N3/c1(2-10-21-18-31-28-15-7-4-11-22(21)28)3-12-23(26-19-32-29-16-8-5-13-24(26)29)27-20-33-30-17-9-6-14-25(27)30/h4-11,13-20,23,32-33H,1-3,12H2/p+1/b21-10+. The van der Waals surface area contributed by atoms with Crippen molar-refractivity contribution in [3.63, 3.8) is 0 Å². The van der Waals surface area contributed by atoms with Gasteiger partial charge in [0.25, 0.3) is 0 Å². The number of aromatic nitrogens is 2. The summed E-state index contributed by atoms with van der Waals surface area (Å²) in [5.74, 6) is 0.366. The number of H-pyrrole nitrogens is 2. The van der Waals surface area contributed by atoms with Crippen LogP contribution in [0.1, 0.15) is 48.3 Å². The van der Waals surface area contributed by atoms with Crippen LogP contribution in [0.5, 0.6) is 0 Å². The van der Waals surface area contributed by atoms with Gasteiger partial charge in [0.05, 0.1) is 5.56 Å². The maximum Gasteiger partial charge on any atom is 0.211 e. The van der Waals surface area contributed by atoms with Gasteiger partial charge in [0.1, 0.15) is 0 Å². The summed E-state index contributed by atoms with van der Waals surface area (Å²) in [5.41, 5.74) is 9.06. The van der Waals surface area contributed by atoms with Gasteiger partial charge in [-0.2, -0.15) is 0 Å². The van der Waals surface area contributed by atoms with E-state index in [0.717, 1.165) is 12.8 Å². The fraction of sp³-hybridized carbons (Fsp3) is 0.167. The Hall–Kier alpha value is -3.85. The van der Waals surface area contributed by atoms with Crippen molar-refractivity contribution < 1.29 is 4.99 Å². The van der Waals surface area contributed by atoms with Crippen LogP contribution in [-0.4, -0.2) is 16.2 Å². The number of allylic oxidation sites excluding steroid dienone is 2. The van der Waals surface area contributed by atoms with Crippen molar-refractivity contribution in [1.82, 2.24) is 9.97 Å². The number of benzene rings is 3. The van der Waals surface area contributed by atoms with Crippen LogP contribution in [0.2, 0.25) is 0 Å². The molecule has 5 aromatic rings. The number of para-hydroxylation sites is 3. The second kappa shape index (κ2) is 8.59. The number of hydrogen-bond acceptors (Lipinski definition) is 0. The predicted octanol–water partition coefficient (Wildman–Crippen LogP) is 6.22. The van der Waals surface area contributed by atoms with Crippen LogP contribution >= 0.6 is 0 Å². The highest BCUT2D eigenvalue weighted by atomic mass is 14.8. The molecule has 3 heteroatoms. The van der Waals surface area contributed by atoms with E-state index in [4.69, 9.17) is 0 Å². The summed E-state index contributed by atoms with van der Waals surface area (Å²) in [5, 5.41) is 2.66. The molecule has 3 N–H and O–H groups in total. The average molecular weight is 431 g/mol. The van der Waals surface area contributed by atoms with E-state index in [1.54, 1.807) is 0 Å². The smallest absolute Gasteiger partial charge is 0.211 e. The first-order valence-electron chi connectivity index (χ1n) is 11.9. The van der Waals surface area contributed by atoms with E-state index in [0.29, 0.717) is 5.92 Å². The van der Waals surface area contributed by atoms with Gasteiger partial charge in [-0.15, -0.1) is 0 Å². The van der Waals surface area contributed by atoms with Gasteiger partial charge in [-0.25, -0.2) is 4.99 Å². The second-order valence-corrected chi connectivity index (χ2v) is 8.91. The summed E-state index contributed by atoms with van der Waals surface area (Å²) in [6.07, 6.45) is 13.5. The summed E-state index contributed by atoms with van der Waals surface area (Å²) in [7, 11) is 0. The van der Waals surface area contributed by atoms with Gasteiger partial charge in [-0.05, 0) is 48.6 Å². The van der Waals surface area contributed by atoms with Crippen molar-refractivity contribution in [2.24, 2.45) is 0 Å². The molecule has 0 spiro atoms. The van der Waals surface area contributed by atoms with Crippen LogP contribution < -0.4 is 4.99 Å². The maximum atomic E-state index is 3.50. The van der Waals surface area contributed by atoms with Crippen LogP contribution in [-0.2, 0) is 0 Å². The van der Waals surface area contributed by atoms with Crippen molar-refractivity contribution in [3.8, 4) is 0 Å². The van der Waals surface area contributed by atoms with Crippen molar-refractivity contribution in [1.29, 1.82) is 0 Å². The highest BCUT2D eigenvalue weighted by Crippen LogP contribution is 2.38. The highest BCUT2D eigenvalue weighted by molar-refractivity contribution is 6.11. The normalized spacial score (nSPS) is 14.2. The Morgan fingerprint density at radius 1 is 0.727 bits per heavy atom. The lowest BCUT2D eigenvalue weighted by atomic mass is 9.86. The zero-order chi connectivity index (χ0) is 22.0. The van der Waals surface area contributed by atoms with Gasteiger partial charge in [0.2, 0.25) is 5.69 Å². The van der Waals surface area contributed by atoms with Crippen LogP contribution in [0.25, 0.3) is 27.4 Å². The van der Waals surface area contributed by atoms with Gasteiger partial charge < -0.3 is 9.97 Å². The summed E-state index contributed by atoms with van der Waals surface area (Å²) in [6, 6.07) is 25.8. The Balaban J connectivity index is 1.23. The Kier molecular flexibility index (Phi) is 5.16. The first-order chi connectivity index (χ1) is 16.4. The summed E-state index contributed by atoms with van der Waals surface area (Å²) in [4.78, 5) is 10.4. The molecule has 6 rings (SSSR count). The molecular weight excluding hydrogens is 402 g/mol. The summed E-state index contributed by atoms with van der Waals surface area (Å²) in [6.45, 7) is 0. The van der Waals surface area contributed by atoms with E-state index in [1.165, 1.54) is 62.6 Å². The van der Waals surface area contributed by atoms with Crippen molar-refractivity contribution in [3.05, 3.63) is 108 Å². The van der Waals surface area contributed by atoms with Crippen LogP contribution in [0.15, 0.2) is 91.3 Å². The maximum absolute atomic E-state index is 3.50. The quantitative estimate of drug-likeness (QED) is 0.257. The number of aromatic amines is 2. The minimum absolute atomic E-state index is 0.366. The minimum atomic E-state index is 0.366. The van der Waals surface area contributed by atoms with Gasteiger partial charge in [0.15, 0.2) is 6.21 Å². The van der Waals surface area contributed by atoms with Crippen molar-refractivity contribution in [2.45, 2.75) is 31.6 Å². The van der Waals surface area contributed by atoms with Crippen LogP contribution in [0.4, 0.5) is 5.69 Å². The molecule has 162 valence electrons. The van der Waals surface area contributed by atoms with E-state index in [9.17, 15) is 0 Å². The van der Waals surface area contributed by atoms with E-state index in [2.05, 4.69) is 112 Å². The molecule has 0 saturated heterocycles. The van der Waals surface area contributed by atoms with Gasteiger partial charge in [0, 0.05) is 51.8 Å². The lowest BCUT2D eigenvalue weighted by Gasteiger charge is -2.16. The van der Waals surface area contributed by atoms with Gasteiger partial charge in [-0.1, -0.05) is 61.0 Å². The molecule has 3 aromatic carbocycles. The number of hydrogen-bond donors (Lipinski definition) is 3. The molecule has 0 radical (unpaired) electrons. The lowest BCUT2D eigenvalue weighted by Crippen LogP contribution is -2.58. The molecule has 3 heterocycles. The molecular formula is C30H28N3+. The first-order valence-corrected chi connectivity index (χ1v) is 11.9. The monoisotopic (exact) mass is 430 g/mol. The first kappa shape index (κ1) is 19.8. The van der Waals surface area contributed by atoms with Crippen molar-refractivity contribution >= 4 is 39.3 Å². The van der Waals surface area contributed by atoms with Crippen LogP contribution in [0, 0.1) is 0 Å². The Bertz CT molecular complexity index is 1410. The molecule has 0 atom stereocenters. The average Bonchev–Trinajstić information content (AvgIpc) is 3.59. The van der Waals surface area contributed by atoms with Gasteiger partial charge in [-0.3, -0.25) is 0 Å². The largest absolute Gasteiger partial charge is 0.361 e. The van der Waals surface area contributed by atoms with Crippen LogP contribution in [0.3, 0.4) is 0 Å². The minimum Gasteiger partial charge on any atom is -0.361 e. The fourth-order valence-electron chi connectivity index (χ4n) is 5.26. The third-order valence-corrected chi connectivity index (χ3v) is 6.93. The molecule has 1 aliphatic rings. The topological polar surface area (TPSA) is 45.5 Å². The number of unbranched alkanes of at least 4 members (excludes halogenated alkanes) is 2. The van der Waals surface area contributed by atoms with E-state index >= 15 is 0 Å². The third kappa shape index (κ3) is 3.70. The molecule has 0 amide bonds. The molecule has 2 aromatic heterocycles. The lowest BCUT2D eigenvalue weighted by molar-refractivity contribution is -0.342. The Labute approximate surface area is 193 Å². The molecule has 3 nitrogen and oxygen atoms in total. The molecule has 0 aliphatic carbocycles. The number of rotatable bonds is 7. The predicted molar refractivity (Wildman–Crippen MR) is 138 cm³/mol. The van der Waals surface area contributed by atoms with Gasteiger partial charge >= 0.3 is 0 Å². The SMILES string of the molecule is C1=[NH+]c2ccccc2/C1=C/CCCCC(c1c[nH]c2ccccc12)c1c[nH]c2ccccc12. The molecule has 0 fully saturated rings. The summed E-state index contributed by atoms with van der Waals surface area (Å²) >= 11 is 0. The summed E-state index contributed by atoms with van der Waals surface area (Å²) < 4.78 is 0. The molecule has 33 heavy (non-hydrogen) atoms. The van der Waals surface area contributed by atoms with E-state index in [1.807, 2.05) is 0 Å². The number of fused-ring (bicyclic) bond motifs is 3. The second-order valence-electron chi connectivity index (χ2n) is 8.91. The molecule has 1 aliphatic heterocycles. The zero-order valence-corrected chi connectivity index (χ0v) is 18.6. The van der Waals surface area contributed by atoms with E-state index < -0.39 is 0 Å². The van der Waals surface area contributed by atoms with Crippen molar-refractivity contribution in [2.75, 3.05) is 0 Å². The fourth-order valence-corrected chi connectivity index (χ4v) is 5.26. The number of nitrogens with one attached hydrogen (secondary N) is 3. The zero-order valence-electron chi connectivity index (χ0n) is 18.6. The highest BCUT2D eigenvalue weighted by Gasteiger charge is 2.21. The molecule has 0 bridgehead atoms.